The Morgan fingerprint density at radius 3 is 1.90 bits per heavy atom. The molecule has 0 radical (unpaired) electrons. The first-order chi connectivity index (χ1) is 14.2. The Morgan fingerprint density at radius 1 is 0.828 bits per heavy atom. The molecule has 0 N–H and O–H groups in total. The summed E-state index contributed by atoms with van der Waals surface area (Å²) < 4.78 is 17.7. The Hall–Kier alpha value is -2.10. The van der Waals surface area contributed by atoms with Gasteiger partial charge in [-0.25, -0.2) is 4.68 Å². The van der Waals surface area contributed by atoms with E-state index in [1.807, 2.05) is 27.7 Å². The van der Waals surface area contributed by atoms with E-state index in [9.17, 15) is 9.59 Å². The zero-order chi connectivity index (χ0) is 21.9. The first kappa shape index (κ1) is 26.9. The number of rotatable bonds is 13. The maximum atomic E-state index is 11.5. The smallest absolute Gasteiger partial charge is 0.253 e. The highest BCUT2D eigenvalue weighted by molar-refractivity contribution is 6.12. The molecule has 1 aromatic rings. The van der Waals surface area contributed by atoms with Crippen LogP contribution >= 0.6 is 0 Å². The highest BCUT2D eigenvalue weighted by Gasteiger charge is 2.24. The Balaban J connectivity index is 0.00000184. The molecule has 0 fully saturated rings. The van der Waals surface area contributed by atoms with E-state index in [0.717, 1.165) is 17.9 Å². The van der Waals surface area contributed by atoms with Crippen LogP contribution in [0.2, 0.25) is 0 Å². The van der Waals surface area contributed by atoms with Crippen LogP contribution in [0.15, 0.2) is 18.3 Å². The zero-order valence-electron chi connectivity index (χ0n) is 18.4. The van der Waals surface area contributed by atoms with E-state index in [-0.39, 0.29) is 18.4 Å². The van der Waals surface area contributed by atoms with Gasteiger partial charge in [-0.3, -0.25) is 14.5 Å². The molecule has 0 aliphatic carbocycles. The van der Waals surface area contributed by atoms with E-state index in [1.165, 1.54) is 12.2 Å². The number of nitrogens with zero attached hydrogens (tertiary/aromatic N) is 4. The topological polar surface area (TPSA) is 95.8 Å². The van der Waals surface area contributed by atoms with Gasteiger partial charge in [0, 0.05) is 18.8 Å². The summed E-state index contributed by atoms with van der Waals surface area (Å²) in [5.74, 6) is -0.661. The summed E-state index contributed by atoms with van der Waals surface area (Å²) in [4.78, 5) is 24.1. The van der Waals surface area contributed by atoms with Crippen molar-refractivity contribution in [3.8, 4) is 0 Å². The van der Waals surface area contributed by atoms with E-state index < -0.39 is 0 Å². The third-order valence-corrected chi connectivity index (χ3v) is 3.36. The molecular weight excluding hydrogens is 376 g/mol. The lowest BCUT2D eigenvalue weighted by Gasteiger charge is -2.10. The number of hydrogen-bond acceptors (Lipinski definition) is 7. The fourth-order valence-corrected chi connectivity index (χ4v) is 2.11. The van der Waals surface area contributed by atoms with Crippen molar-refractivity contribution < 1.29 is 23.8 Å². The molecule has 0 unspecified atom stereocenters. The molecule has 166 valence electrons. The molecule has 0 spiro atoms. The van der Waals surface area contributed by atoms with Crippen LogP contribution in [-0.4, -0.2) is 71.3 Å². The summed E-state index contributed by atoms with van der Waals surface area (Å²) in [6, 6.07) is 0. The number of imide groups is 1. The lowest BCUT2D eigenvalue weighted by atomic mass is 10.4. The average molecular weight is 413 g/mol. The van der Waals surface area contributed by atoms with E-state index in [2.05, 4.69) is 17.2 Å². The number of hydrogen-bond donors (Lipinski definition) is 0. The van der Waals surface area contributed by atoms with Gasteiger partial charge in [0.2, 0.25) is 0 Å². The Morgan fingerprint density at radius 2 is 1.34 bits per heavy atom. The molecule has 0 aromatic carbocycles. The third-order valence-electron chi connectivity index (χ3n) is 3.36. The SMILES string of the molecule is CC.CC.CCCOCCOCCOCCn1cc(CN2C(=O)C=CC2=O)nn1. The van der Waals surface area contributed by atoms with Gasteiger partial charge in [0.05, 0.1) is 52.3 Å². The summed E-state index contributed by atoms with van der Waals surface area (Å²) in [6.07, 6.45) is 5.20. The van der Waals surface area contributed by atoms with Crippen molar-refractivity contribution in [2.24, 2.45) is 0 Å². The van der Waals surface area contributed by atoms with Crippen molar-refractivity contribution in [3.63, 3.8) is 0 Å². The van der Waals surface area contributed by atoms with Crippen molar-refractivity contribution in [3.05, 3.63) is 24.0 Å². The van der Waals surface area contributed by atoms with E-state index >= 15 is 0 Å². The van der Waals surface area contributed by atoms with Crippen molar-refractivity contribution in [1.82, 2.24) is 19.9 Å². The quantitative estimate of drug-likeness (QED) is 0.362. The third kappa shape index (κ3) is 11.5. The highest BCUT2D eigenvalue weighted by atomic mass is 16.5. The van der Waals surface area contributed by atoms with Crippen LogP contribution in [-0.2, 0) is 36.9 Å². The van der Waals surface area contributed by atoms with Crippen LogP contribution < -0.4 is 0 Å². The first-order valence-electron chi connectivity index (χ1n) is 10.4. The largest absolute Gasteiger partial charge is 0.379 e. The molecule has 9 heteroatoms. The fraction of sp³-hybridized carbons (Fsp3) is 0.700. The van der Waals surface area contributed by atoms with Gasteiger partial charge in [0.25, 0.3) is 11.8 Å². The molecule has 1 aliphatic heterocycles. The van der Waals surface area contributed by atoms with Crippen LogP contribution in [0.1, 0.15) is 46.7 Å². The maximum Gasteiger partial charge on any atom is 0.253 e. The molecule has 0 bridgehead atoms. The van der Waals surface area contributed by atoms with Gasteiger partial charge in [-0.2, -0.15) is 0 Å². The number of amides is 2. The number of ether oxygens (including phenoxy) is 3. The molecule has 0 saturated heterocycles. The molecular formula is C20H36N4O5. The normalized spacial score (nSPS) is 12.5. The molecule has 2 heterocycles. The van der Waals surface area contributed by atoms with Gasteiger partial charge in [-0.05, 0) is 6.42 Å². The van der Waals surface area contributed by atoms with Crippen molar-refractivity contribution in [2.45, 2.75) is 54.1 Å². The lowest BCUT2D eigenvalue weighted by molar-refractivity contribution is -0.137. The molecule has 2 amide bonds. The highest BCUT2D eigenvalue weighted by Crippen LogP contribution is 2.08. The molecule has 1 aliphatic rings. The van der Waals surface area contributed by atoms with E-state index in [0.29, 0.717) is 45.3 Å². The van der Waals surface area contributed by atoms with Crippen molar-refractivity contribution in [2.75, 3.05) is 39.6 Å². The average Bonchev–Trinajstić information content (AvgIpc) is 3.34. The molecule has 2 rings (SSSR count). The number of carbonyl (C=O) groups excluding carboxylic acids is 2. The van der Waals surface area contributed by atoms with Crippen molar-refractivity contribution in [1.29, 1.82) is 0 Å². The van der Waals surface area contributed by atoms with Gasteiger partial charge in [-0.15, -0.1) is 5.10 Å². The van der Waals surface area contributed by atoms with Gasteiger partial charge in [-0.1, -0.05) is 39.8 Å². The van der Waals surface area contributed by atoms with Gasteiger partial charge in [0.15, 0.2) is 0 Å². The van der Waals surface area contributed by atoms with Gasteiger partial charge >= 0.3 is 0 Å². The summed E-state index contributed by atoms with van der Waals surface area (Å²) in [6.45, 7) is 14.1. The Bertz CT molecular complexity index is 571. The van der Waals surface area contributed by atoms with Crippen LogP contribution in [0.25, 0.3) is 0 Å². The molecule has 9 nitrogen and oxygen atoms in total. The van der Waals surface area contributed by atoms with Crippen LogP contribution in [0.3, 0.4) is 0 Å². The summed E-state index contributed by atoms with van der Waals surface area (Å²) >= 11 is 0. The predicted octanol–water partition coefficient (Wildman–Crippen LogP) is 2.22. The standard InChI is InChI=1S/C16H24N4O5.2C2H6/c1-2-6-23-8-10-25-11-9-24-7-5-19-12-14(17-18-19)13-20-15(21)3-4-16(20)22;2*1-2/h3-4,12H,2,5-11,13H2,1H3;2*1-2H3. The number of aromatic nitrogens is 3. The minimum absolute atomic E-state index is 0.124. The molecule has 1 aromatic heterocycles. The Kier molecular flexibility index (Phi) is 16.7. The second-order valence-electron chi connectivity index (χ2n) is 5.41. The first-order valence-corrected chi connectivity index (χ1v) is 10.4. The van der Waals surface area contributed by atoms with Gasteiger partial charge in [0.1, 0.15) is 5.69 Å². The molecule has 0 saturated carbocycles. The fourth-order valence-electron chi connectivity index (χ4n) is 2.11. The zero-order valence-corrected chi connectivity index (χ0v) is 18.4. The molecule has 29 heavy (non-hydrogen) atoms. The van der Waals surface area contributed by atoms with E-state index in [4.69, 9.17) is 14.2 Å². The van der Waals surface area contributed by atoms with E-state index in [1.54, 1.807) is 10.9 Å². The summed E-state index contributed by atoms with van der Waals surface area (Å²) in [7, 11) is 0. The maximum absolute atomic E-state index is 11.5. The second kappa shape index (κ2) is 18.0. The van der Waals surface area contributed by atoms with Crippen molar-refractivity contribution >= 4 is 11.8 Å². The molecule has 0 atom stereocenters. The number of carbonyl (C=O) groups is 2. The van der Waals surface area contributed by atoms with Crippen LogP contribution in [0.5, 0.6) is 0 Å². The minimum Gasteiger partial charge on any atom is -0.379 e. The van der Waals surface area contributed by atoms with Crippen LogP contribution in [0, 0.1) is 0 Å². The predicted molar refractivity (Wildman–Crippen MR) is 110 cm³/mol. The minimum atomic E-state index is -0.331. The monoisotopic (exact) mass is 412 g/mol. The lowest BCUT2D eigenvalue weighted by Crippen LogP contribution is -2.29. The second-order valence-corrected chi connectivity index (χ2v) is 5.41. The summed E-state index contributed by atoms with van der Waals surface area (Å²) in [5, 5.41) is 7.91. The van der Waals surface area contributed by atoms with Crippen LogP contribution in [0.4, 0.5) is 0 Å². The Labute approximate surface area is 174 Å². The van der Waals surface area contributed by atoms with Gasteiger partial charge < -0.3 is 14.2 Å². The summed E-state index contributed by atoms with van der Waals surface area (Å²) in [5.41, 5.74) is 0.556.